The van der Waals surface area contributed by atoms with Crippen LogP contribution in [0, 0.1) is 0 Å². The number of benzene rings is 2. The zero-order valence-electron chi connectivity index (χ0n) is 22.2. The standard InChI is InChI=1S/C28H34FN5O5/c1-3-30-26(35)21-13-14-24(25(18-21)39-16-10-5-4-9-15-29)34-19-23(32-33-34)27(36)31-22(28(37)38-2)17-20-11-7-6-8-12-20/h6-8,11-14,18-19,22H,3-5,9-10,15-17H2,1-2H3,(H,30,35)(H,31,36)/t22-/m0/s1. The van der Waals surface area contributed by atoms with Gasteiger partial charge < -0.3 is 20.1 Å². The molecule has 0 saturated heterocycles. The molecule has 0 radical (unpaired) electrons. The molecule has 39 heavy (non-hydrogen) atoms. The first-order valence-corrected chi connectivity index (χ1v) is 12.9. The smallest absolute Gasteiger partial charge is 0.328 e. The average molecular weight is 540 g/mol. The van der Waals surface area contributed by atoms with Gasteiger partial charge in [-0.05, 0) is 49.9 Å². The molecule has 0 aliphatic carbocycles. The first-order chi connectivity index (χ1) is 19.0. The largest absolute Gasteiger partial charge is 0.491 e. The summed E-state index contributed by atoms with van der Waals surface area (Å²) in [4.78, 5) is 37.7. The second-order valence-electron chi connectivity index (χ2n) is 8.78. The van der Waals surface area contributed by atoms with E-state index in [4.69, 9.17) is 9.47 Å². The van der Waals surface area contributed by atoms with Gasteiger partial charge >= 0.3 is 5.97 Å². The lowest BCUT2D eigenvalue weighted by molar-refractivity contribution is -0.142. The van der Waals surface area contributed by atoms with Crippen molar-refractivity contribution in [3.05, 3.63) is 71.5 Å². The van der Waals surface area contributed by atoms with Crippen LogP contribution in [0.15, 0.2) is 54.7 Å². The highest BCUT2D eigenvalue weighted by atomic mass is 19.1. The topological polar surface area (TPSA) is 124 Å². The minimum Gasteiger partial charge on any atom is -0.491 e. The number of aromatic nitrogens is 3. The lowest BCUT2D eigenvalue weighted by atomic mass is 10.1. The molecule has 1 aromatic heterocycles. The van der Waals surface area contributed by atoms with Gasteiger partial charge in [0.05, 0.1) is 26.6 Å². The van der Waals surface area contributed by atoms with Crippen LogP contribution in [0.4, 0.5) is 4.39 Å². The molecule has 0 spiro atoms. The summed E-state index contributed by atoms with van der Waals surface area (Å²) in [5, 5.41) is 13.5. The van der Waals surface area contributed by atoms with E-state index in [-0.39, 0.29) is 24.7 Å². The molecule has 11 heteroatoms. The number of carbonyl (C=O) groups is 3. The molecule has 0 aliphatic heterocycles. The van der Waals surface area contributed by atoms with Crippen LogP contribution in [0.1, 0.15) is 59.0 Å². The molecule has 1 heterocycles. The van der Waals surface area contributed by atoms with E-state index in [1.54, 1.807) is 18.2 Å². The molecule has 2 aromatic carbocycles. The van der Waals surface area contributed by atoms with Gasteiger partial charge in [-0.25, -0.2) is 9.48 Å². The van der Waals surface area contributed by atoms with Crippen molar-refractivity contribution in [2.45, 2.75) is 45.1 Å². The number of halogens is 1. The fourth-order valence-electron chi connectivity index (χ4n) is 3.86. The highest BCUT2D eigenvalue weighted by Gasteiger charge is 2.24. The van der Waals surface area contributed by atoms with Gasteiger partial charge in [0.25, 0.3) is 11.8 Å². The summed E-state index contributed by atoms with van der Waals surface area (Å²) in [6, 6.07) is 13.2. The lowest BCUT2D eigenvalue weighted by Gasteiger charge is -2.15. The number of esters is 1. The van der Waals surface area contributed by atoms with Gasteiger partial charge in [0.2, 0.25) is 0 Å². The number of nitrogens with one attached hydrogen (secondary N) is 2. The van der Waals surface area contributed by atoms with Crippen molar-refractivity contribution < 1.29 is 28.2 Å². The number of hydrogen-bond donors (Lipinski definition) is 2. The van der Waals surface area contributed by atoms with Gasteiger partial charge in [-0.3, -0.25) is 14.0 Å². The molecule has 3 aromatic rings. The molecule has 10 nitrogen and oxygen atoms in total. The number of rotatable bonds is 15. The number of hydrogen-bond acceptors (Lipinski definition) is 7. The van der Waals surface area contributed by atoms with Gasteiger partial charge in [0, 0.05) is 18.5 Å². The third-order valence-electron chi connectivity index (χ3n) is 5.89. The van der Waals surface area contributed by atoms with Crippen LogP contribution in [0.5, 0.6) is 5.75 Å². The Morgan fingerprint density at radius 1 is 1.03 bits per heavy atom. The Bertz CT molecular complexity index is 1230. The van der Waals surface area contributed by atoms with Crippen LogP contribution in [0.2, 0.25) is 0 Å². The molecule has 0 aliphatic rings. The van der Waals surface area contributed by atoms with E-state index in [9.17, 15) is 18.8 Å². The fraction of sp³-hybridized carbons (Fsp3) is 0.393. The number of carbonyl (C=O) groups excluding carboxylic acids is 3. The molecule has 1 atom stereocenters. The quantitative estimate of drug-likeness (QED) is 0.224. The van der Waals surface area contributed by atoms with Gasteiger partial charge in [-0.15, -0.1) is 5.10 Å². The van der Waals surface area contributed by atoms with E-state index < -0.39 is 17.9 Å². The monoisotopic (exact) mass is 539 g/mol. The van der Waals surface area contributed by atoms with Gasteiger partial charge in [0.1, 0.15) is 17.5 Å². The first-order valence-electron chi connectivity index (χ1n) is 12.9. The van der Waals surface area contributed by atoms with Crippen LogP contribution in [0.25, 0.3) is 5.69 Å². The van der Waals surface area contributed by atoms with Gasteiger partial charge in [-0.2, -0.15) is 0 Å². The predicted molar refractivity (Wildman–Crippen MR) is 143 cm³/mol. The Balaban J connectivity index is 1.78. The van der Waals surface area contributed by atoms with Gasteiger partial charge in [0.15, 0.2) is 5.69 Å². The van der Waals surface area contributed by atoms with Crippen molar-refractivity contribution in [2.75, 3.05) is 26.9 Å². The Morgan fingerprint density at radius 2 is 1.79 bits per heavy atom. The van der Waals surface area contributed by atoms with Gasteiger partial charge in [-0.1, -0.05) is 42.0 Å². The maximum absolute atomic E-state index is 13.0. The molecule has 0 fully saturated rings. The summed E-state index contributed by atoms with van der Waals surface area (Å²) in [6.07, 6.45) is 4.48. The Morgan fingerprint density at radius 3 is 2.51 bits per heavy atom. The van der Waals surface area contributed by atoms with Crippen LogP contribution in [-0.2, 0) is 16.0 Å². The summed E-state index contributed by atoms with van der Waals surface area (Å²) in [5.74, 6) is -1.04. The lowest BCUT2D eigenvalue weighted by Crippen LogP contribution is -2.43. The Hall–Kier alpha value is -4.28. The molecule has 2 amide bonds. The number of ether oxygens (including phenoxy) is 2. The summed E-state index contributed by atoms with van der Waals surface area (Å²) in [5.41, 5.74) is 1.73. The van der Waals surface area contributed by atoms with Crippen molar-refractivity contribution in [1.82, 2.24) is 25.6 Å². The van der Waals surface area contributed by atoms with Crippen LogP contribution < -0.4 is 15.4 Å². The number of amides is 2. The maximum Gasteiger partial charge on any atom is 0.328 e. The second kappa shape index (κ2) is 15.2. The fourth-order valence-corrected chi connectivity index (χ4v) is 3.86. The van der Waals surface area contributed by atoms with Crippen LogP contribution in [-0.4, -0.2) is 65.8 Å². The maximum atomic E-state index is 13.0. The molecule has 3 rings (SSSR count). The summed E-state index contributed by atoms with van der Waals surface area (Å²) in [6.45, 7) is 2.33. The molecule has 2 N–H and O–H groups in total. The number of nitrogens with zero attached hydrogens (tertiary/aromatic N) is 3. The Kier molecular flexibility index (Phi) is 11.4. The predicted octanol–water partition coefficient (Wildman–Crippen LogP) is 3.44. The van der Waals surface area contributed by atoms with Crippen molar-refractivity contribution in [1.29, 1.82) is 0 Å². The molecule has 0 unspecified atom stereocenters. The Labute approximate surface area is 226 Å². The van der Waals surface area contributed by atoms with E-state index in [0.29, 0.717) is 43.0 Å². The zero-order valence-corrected chi connectivity index (χ0v) is 22.2. The average Bonchev–Trinajstić information content (AvgIpc) is 3.45. The van der Waals surface area contributed by atoms with Crippen molar-refractivity contribution in [2.24, 2.45) is 0 Å². The molecule has 208 valence electrons. The van der Waals surface area contributed by atoms with Crippen molar-refractivity contribution in [3.8, 4) is 11.4 Å². The SMILES string of the molecule is CCNC(=O)c1ccc(-n2cc(C(=O)N[C@@H](Cc3ccccc3)C(=O)OC)nn2)c(OCCCCCCF)c1. The third-order valence-corrected chi connectivity index (χ3v) is 5.89. The van der Waals surface area contributed by atoms with E-state index in [2.05, 4.69) is 20.9 Å². The minimum atomic E-state index is -0.914. The summed E-state index contributed by atoms with van der Waals surface area (Å²) < 4.78 is 24.5. The van der Waals surface area contributed by atoms with Crippen molar-refractivity contribution in [3.63, 3.8) is 0 Å². The van der Waals surface area contributed by atoms with E-state index in [1.807, 2.05) is 37.3 Å². The number of alkyl halides is 1. The third kappa shape index (κ3) is 8.62. The van der Waals surface area contributed by atoms with E-state index >= 15 is 0 Å². The highest BCUT2D eigenvalue weighted by Crippen LogP contribution is 2.25. The minimum absolute atomic E-state index is 0.0121. The van der Waals surface area contributed by atoms with E-state index in [1.165, 1.54) is 18.0 Å². The molecule has 0 saturated carbocycles. The summed E-state index contributed by atoms with van der Waals surface area (Å²) >= 11 is 0. The highest BCUT2D eigenvalue weighted by molar-refractivity contribution is 5.96. The van der Waals surface area contributed by atoms with E-state index in [0.717, 1.165) is 18.4 Å². The molecular weight excluding hydrogens is 505 g/mol. The second-order valence-corrected chi connectivity index (χ2v) is 8.78. The zero-order chi connectivity index (χ0) is 28.0. The van der Waals surface area contributed by atoms with Crippen molar-refractivity contribution >= 4 is 17.8 Å². The summed E-state index contributed by atoms with van der Waals surface area (Å²) in [7, 11) is 1.26. The molecule has 0 bridgehead atoms. The van der Waals surface area contributed by atoms with Crippen LogP contribution >= 0.6 is 0 Å². The first kappa shape index (κ1) is 29.3. The molecular formula is C28H34FN5O5. The normalized spacial score (nSPS) is 11.5. The number of unbranched alkanes of at least 4 members (excludes halogenated alkanes) is 3. The number of methoxy groups -OCH3 is 1. The van der Waals surface area contributed by atoms with Crippen LogP contribution in [0.3, 0.4) is 0 Å².